The fraction of sp³-hybridized carbons (Fsp3) is 0.412. The van der Waals surface area contributed by atoms with Crippen LogP contribution in [0, 0.1) is 12.7 Å². The number of benzene rings is 3. The van der Waals surface area contributed by atoms with Crippen molar-refractivity contribution >= 4 is 45.7 Å². The number of carbonyl (C=O) groups is 1. The summed E-state index contributed by atoms with van der Waals surface area (Å²) in [5, 5.41) is 11.9. The number of carbonyl (C=O) groups excluding carboxylic acids is 1. The lowest BCUT2D eigenvalue weighted by Crippen LogP contribution is -2.59. The van der Waals surface area contributed by atoms with E-state index < -0.39 is 11.7 Å². The molecule has 3 aliphatic rings. The number of phenols is 1. The van der Waals surface area contributed by atoms with Crippen molar-refractivity contribution in [1.82, 2.24) is 14.5 Å². The average molecular weight is 654 g/mol. The zero-order chi connectivity index (χ0) is 31.4. The molecule has 7 rings (SSSR count). The lowest BCUT2D eigenvalue weighted by molar-refractivity contribution is -0.0592. The molecule has 4 unspecified atom stereocenters. The topological polar surface area (TPSA) is 80.1 Å². The Hall–Kier alpha value is -3.21. The van der Waals surface area contributed by atoms with Crippen molar-refractivity contribution in [3.05, 3.63) is 86.9 Å². The van der Waals surface area contributed by atoms with Gasteiger partial charge in [-0.3, -0.25) is 9.69 Å². The van der Waals surface area contributed by atoms with Gasteiger partial charge in [0.15, 0.2) is 5.78 Å². The summed E-state index contributed by atoms with van der Waals surface area (Å²) < 4.78 is 28.9. The number of ether oxygens (including phenoxy) is 2. The van der Waals surface area contributed by atoms with Crippen LogP contribution in [0.15, 0.2) is 48.5 Å². The molecule has 4 atom stereocenters. The fourth-order valence-electron chi connectivity index (χ4n) is 6.97. The predicted molar refractivity (Wildman–Crippen MR) is 172 cm³/mol. The van der Waals surface area contributed by atoms with Gasteiger partial charge in [-0.15, -0.1) is 0 Å². The van der Waals surface area contributed by atoms with E-state index in [1.54, 1.807) is 19.1 Å². The number of aromatic hydroxyl groups is 1. The smallest absolute Gasteiger partial charge is 0.175 e. The number of imidazole rings is 1. The van der Waals surface area contributed by atoms with E-state index in [-0.39, 0.29) is 45.9 Å². The number of halogens is 3. The third kappa shape index (κ3) is 5.59. The predicted octanol–water partition coefficient (Wildman–Crippen LogP) is 6.36. The molecule has 45 heavy (non-hydrogen) atoms. The zero-order valence-electron chi connectivity index (χ0n) is 25.2. The summed E-state index contributed by atoms with van der Waals surface area (Å²) in [6.45, 7) is 8.08. The molecule has 0 bridgehead atoms. The molecule has 3 fully saturated rings. The number of phenolic OH excluding ortho intramolecular Hbond substituents is 1. The van der Waals surface area contributed by atoms with Gasteiger partial charge in [0, 0.05) is 30.6 Å². The SMILES string of the molecule is Cc1cc(Cl)c2nc(CN3CCN(c4cccc(O)c4C(=O)C(C)c4ccc(Cl)cc4F)C4COCC43)n(CC3CCO3)c2c1. The maximum Gasteiger partial charge on any atom is 0.175 e. The number of fused-ring (bicyclic) bond motifs is 2. The van der Waals surface area contributed by atoms with Crippen LogP contribution in [0.2, 0.25) is 10.0 Å². The molecular formula is C34H35Cl2FN4O4. The number of aryl methyl sites for hydroxylation is 1. The Morgan fingerprint density at radius 2 is 1.93 bits per heavy atom. The second kappa shape index (κ2) is 12.2. The van der Waals surface area contributed by atoms with Gasteiger partial charge >= 0.3 is 0 Å². The number of hydrogen-bond donors (Lipinski definition) is 1. The van der Waals surface area contributed by atoms with Crippen molar-refractivity contribution in [2.75, 3.05) is 37.8 Å². The number of hydrogen-bond acceptors (Lipinski definition) is 7. The second-order valence-electron chi connectivity index (χ2n) is 12.3. The molecule has 0 radical (unpaired) electrons. The van der Waals surface area contributed by atoms with E-state index in [0.29, 0.717) is 43.6 Å². The van der Waals surface area contributed by atoms with Gasteiger partial charge in [-0.25, -0.2) is 9.37 Å². The maximum absolute atomic E-state index is 14.8. The van der Waals surface area contributed by atoms with Crippen LogP contribution in [-0.2, 0) is 22.6 Å². The van der Waals surface area contributed by atoms with Gasteiger partial charge in [-0.2, -0.15) is 0 Å². The number of ketones is 1. The minimum Gasteiger partial charge on any atom is -0.507 e. The monoisotopic (exact) mass is 652 g/mol. The Bertz CT molecular complexity index is 1780. The molecule has 4 heterocycles. The Balaban J connectivity index is 1.18. The Labute approximate surface area is 271 Å². The molecule has 0 saturated carbocycles. The van der Waals surface area contributed by atoms with Crippen LogP contribution in [0.1, 0.15) is 46.6 Å². The van der Waals surface area contributed by atoms with Crippen LogP contribution < -0.4 is 4.90 Å². The molecule has 1 aromatic heterocycles. The van der Waals surface area contributed by atoms with Gasteiger partial charge in [0.25, 0.3) is 0 Å². The quantitative estimate of drug-likeness (QED) is 0.222. The molecule has 3 saturated heterocycles. The van der Waals surface area contributed by atoms with Crippen LogP contribution in [0.4, 0.5) is 10.1 Å². The molecule has 0 aliphatic carbocycles. The minimum atomic E-state index is -0.825. The van der Waals surface area contributed by atoms with Gasteiger partial charge in [0.1, 0.15) is 22.9 Å². The third-order valence-corrected chi connectivity index (χ3v) is 10.00. The van der Waals surface area contributed by atoms with Gasteiger partial charge in [0.05, 0.1) is 66.3 Å². The normalized spacial score (nSPS) is 22.4. The summed E-state index contributed by atoms with van der Waals surface area (Å²) in [6.07, 6.45) is 1.18. The Morgan fingerprint density at radius 1 is 1.13 bits per heavy atom. The first-order valence-electron chi connectivity index (χ1n) is 15.4. The molecule has 8 nitrogen and oxygen atoms in total. The van der Waals surface area contributed by atoms with Gasteiger partial charge in [0.2, 0.25) is 0 Å². The highest BCUT2D eigenvalue weighted by Gasteiger charge is 2.43. The van der Waals surface area contributed by atoms with Crippen LogP contribution >= 0.6 is 23.2 Å². The second-order valence-corrected chi connectivity index (χ2v) is 13.1. The van der Waals surface area contributed by atoms with E-state index in [1.165, 1.54) is 18.2 Å². The van der Waals surface area contributed by atoms with Crippen LogP contribution in [0.25, 0.3) is 11.0 Å². The van der Waals surface area contributed by atoms with E-state index in [1.807, 2.05) is 19.1 Å². The van der Waals surface area contributed by atoms with Crippen molar-refractivity contribution in [2.24, 2.45) is 0 Å². The Morgan fingerprint density at radius 3 is 2.69 bits per heavy atom. The highest BCUT2D eigenvalue weighted by Crippen LogP contribution is 2.38. The molecular weight excluding hydrogens is 618 g/mol. The first kappa shape index (κ1) is 30.4. The number of anilines is 1. The van der Waals surface area contributed by atoms with Gasteiger partial charge < -0.3 is 24.0 Å². The van der Waals surface area contributed by atoms with Crippen molar-refractivity contribution < 1.29 is 23.8 Å². The standard InChI is InChI=1S/C34H35Cl2FN4O4/c1-19-12-24(36)33-27(13-19)41(15-22-8-11-45-22)31(38-33)16-39-9-10-40(29-18-44-17-28(29)39)26-4-3-5-30(42)32(26)34(43)20(2)23-7-6-21(35)14-25(23)37/h3-7,12-14,20,22,28-29,42H,8-11,15-18H2,1-2H3. The van der Waals surface area contributed by atoms with Crippen LogP contribution in [0.5, 0.6) is 5.75 Å². The first-order valence-corrected chi connectivity index (χ1v) is 16.1. The first-order chi connectivity index (χ1) is 21.7. The maximum atomic E-state index is 14.8. The van der Waals surface area contributed by atoms with E-state index in [0.717, 1.165) is 42.0 Å². The molecule has 0 amide bonds. The Kier molecular flexibility index (Phi) is 8.25. The number of rotatable bonds is 8. The van der Waals surface area contributed by atoms with Crippen molar-refractivity contribution in [3.63, 3.8) is 0 Å². The summed E-state index contributed by atoms with van der Waals surface area (Å²) in [5.41, 5.74) is 3.93. The summed E-state index contributed by atoms with van der Waals surface area (Å²) in [7, 11) is 0. The van der Waals surface area contributed by atoms with Gasteiger partial charge in [-0.05, 0) is 60.9 Å². The number of Topliss-reactive ketones (excluding diaryl/α,β-unsaturated/α-hetero) is 1. The van der Waals surface area contributed by atoms with E-state index in [4.69, 9.17) is 37.7 Å². The van der Waals surface area contributed by atoms with Crippen molar-refractivity contribution in [1.29, 1.82) is 0 Å². The van der Waals surface area contributed by atoms with E-state index in [2.05, 4.69) is 20.4 Å². The fourth-order valence-corrected chi connectivity index (χ4v) is 7.44. The molecule has 1 N–H and O–H groups in total. The minimum absolute atomic E-state index is 0.0283. The molecule has 0 spiro atoms. The number of nitrogens with zero attached hydrogens (tertiary/aromatic N) is 4. The number of piperazine rings is 1. The molecule has 3 aliphatic heterocycles. The third-order valence-electron chi connectivity index (χ3n) is 9.47. The summed E-state index contributed by atoms with van der Waals surface area (Å²) in [5.74, 6) is -0.935. The molecule has 11 heteroatoms. The molecule has 236 valence electrons. The summed E-state index contributed by atoms with van der Waals surface area (Å²) >= 11 is 12.6. The van der Waals surface area contributed by atoms with Crippen LogP contribution in [-0.4, -0.2) is 76.4 Å². The molecule has 4 aromatic rings. The highest BCUT2D eigenvalue weighted by atomic mass is 35.5. The average Bonchev–Trinajstić information content (AvgIpc) is 3.60. The number of aromatic nitrogens is 2. The lowest BCUT2D eigenvalue weighted by Gasteiger charge is -2.45. The van der Waals surface area contributed by atoms with Gasteiger partial charge in [-0.1, -0.05) is 42.3 Å². The summed E-state index contributed by atoms with van der Waals surface area (Å²) in [6, 6.07) is 13.4. The van der Waals surface area contributed by atoms with E-state index in [9.17, 15) is 14.3 Å². The zero-order valence-corrected chi connectivity index (χ0v) is 26.7. The molecule has 3 aromatic carbocycles. The summed E-state index contributed by atoms with van der Waals surface area (Å²) in [4.78, 5) is 23.5. The lowest BCUT2D eigenvalue weighted by atomic mass is 9.89. The van der Waals surface area contributed by atoms with Crippen molar-refractivity contribution in [3.8, 4) is 5.75 Å². The largest absolute Gasteiger partial charge is 0.507 e. The highest BCUT2D eigenvalue weighted by molar-refractivity contribution is 6.35. The van der Waals surface area contributed by atoms with Crippen LogP contribution in [0.3, 0.4) is 0 Å². The van der Waals surface area contributed by atoms with E-state index >= 15 is 0 Å². The van der Waals surface area contributed by atoms with Crippen molar-refractivity contribution in [2.45, 2.75) is 57.5 Å².